The van der Waals surface area contributed by atoms with Crippen LogP contribution in [0.2, 0.25) is 0 Å². The smallest absolute Gasteiger partial charge is 0.163 e. The molecule has 0 radical (unpaired) electrons. The van der Waals surface area contributed by atoms with E-state index in [2.05, 4.69) is 0 Å². The zero-order valence-corrected chi connectivity index (χ0v) is 10.5. The molecule has 2 aliphatic heterocycles. The summed E-state index contributed by atoms with van der Waals surface area (Å²) in [5, 5.41) is 0. The van der Waals surface area contributed by atoms with Crippen LogP contribution in [-0.2, 0) is 23.7 Å². The maximum absolute atomic E-state index is 10.5. The molecule has 0 aromatic carbocycles. The van der Waals surface area contributed by atoms with Gasteiger partial charge in [-0.2, -0.15) is 0 Å². The average Bonchev–Trinajstić information content (AvgIpc) is 2.82. The van der Waals surface area contributed by atoms with Crippen LogP contribution in [0.1, 0.15) is 26.7 Å². The predicted molar refractivity (Wildman–Crippen MR) is 59.7 cm³/mol. The third-order valence-electron chi connectivity index (χ3n) is 3.27. The maximum Gasteiger partial charge on any atom is 0.163 e. The van der Waals surface area contributed by atoms with Gasteiger partial charge in [-0.25, -0.2) is 0 Å². The van der Waals surface area contributed by atoms with Crippen molar-refractivity contribution in [2.75, 3.05) is 13.7 Å². The van der Waals surface area contributed by atoms with Gasteiger partial charge < -0.3 is 23.7 Å². The lowest BCUT2D eigenvalue weighted by Crippen LogP contribution is -2.38. The average molecular weight is 244 g/mol. The summed E-state index contributed by atoms with van der Waals surface area (Å²) in [5.41, 5.74) is 0. The molecular weight excluding hydrogens is 224 g/mol. The van der Waals surface area contributed by atoms with Gasteiger partial charge in [-0.3, -0.25) is 0 Å². The summed E-state index contributed by atoms with van der Waals surface area (Å²) in [6, 6.07) is 0. The first-order valence-electron chi connectivity index (χ1n) is 5.99. The second kappa shape index (κ2) is 5.02. The van der Waals surface area contributed by atoms with E-state index >= 15 is 0 Å². The van der Waals surface area contributed by atoms with Crippen molar-refractivity contribution in [3.63, 3.8) is 0 Å². The summed E-state index contributed by atoms with van der Waals surface area (Å²) >= 11 is 0. The highest BCUT2D eigenvalue weighted by Gasteiger charge is 2.46. The highest BCUT2D eigenvalue weighted by atomic mass is 16.8. The normalized spacial score (nSPS) is 40.6. The van der Waals surface area contributed by atoms with E-state index in [9.17, 15) is 4.79 Å². The van der Waals surface area contributed by atoms with Crippen molar-refractivity contribution < 1.29 is 23.7 Å². The van der Waals surface area contributed by atoms with Crippen molar-refractivity contribution >= 4 is 6.29 Å². The molecule has 0 spiro atoms. The zero-order valence-electron chi connectivity index (χ0n) is 10.5. The third-order valence-corrected chi connectivity index (χ3v) is 3.27. The monoisotopic (exact) mass is 244 g/mol. The molecule has 0 aromatic heterocycles. The van der Waals surface area contributed by atoms with E-state index < -0.39 is 5.79 Å². The minimum Gasteiger partial charge on any atom is -0.379 e. The second-order valence-electron chi connectivity index (χ2n) is 5.00. The largest absolute Gasteiger partial charge is 0.379 e. The third kappa shape index (κ3) is 2.85. The molecule has 2 saturated heterocycles. The molecule has 5 nitrogen and oxygen atoms in total. The number of carbonyl (C=O) groups excluding carboxylic acids is 1. The second-order valence-corrected chi connectivity index (χ2v) is 5.00. The lowest BCUT2D eigenvalue weighted by atomic mass is 10.1. The van der Waals surface area contributed by atoms with E-state index in [1.807, 2.05) is 13.8 Å². The molecule has 0 N–H and O–H groups in total. The van der Waals surface area contributed by atoms with Crippen LogP contribution < -0.4 is 0 Å². The summed E-state index contributed by atoms with van der Waals surface area (Å²) < 4.78 is 22.5. The van der Waals surface area contributed by atoms with Crippen LogP contribution in [0.15, 0.2) is 0 Å². The summed E-state index contributed by atoms with van der Waals surface area (Å²) in [4.78, 5) is 10.5. The van der Waals surface area contributed by atoms with Crippen LogP contribution in [0.5, 0.6) is 0 Å². The first kappa shape index (κ1) is 13.0. The molecule has 98 valence electrons. The van der Waals surface area contributed by atoms with E-state index in [0.29, 0.717) is 13.0 Å². The van der Waals surface area contributed by atoms with Crippen molar-refractivity contribution in [1.29, 1.82) is 0 Å². The molecule has 0 bridgehead atoms. The minimum absolute atomic E-state index is 0.0255. The number of methoxy groups -OCH3 is 1. The Morgan fingerprint density at radius 3 is 2.76 bits per heavy atom. The van der Waals surface area contributed by atoms with Crippen molar-refractivity contribution in [1.82, 2.24) is 0 Å². The van der Waals surface area contributed by atoms with Gasteiger partial charge in [0.1, 0.15) is 18.5 Å². The van der Waals surface area contributed by atoms with E-state index in [4.69, 9.17) is 18.9 Å². The predicted octanol–water partition coefficient (Wildman–Crippen LogP) is 0.899. The molecule has 0 saturated carbocycles. The number of hydrogen-bond donors (Lipinski definition) is 0. The van der Waals surface area contributed by atoms with Gasteiger partial charge >= 0.3 is 0 Å². The molecule has 2 heterocycles. The highest BCUT2D eigenvalue weighted by Crippen LogP contribution is 2.33. The summed E-state index contributed by atoms with van der Waals surface area (Å²) in [5.74, 6) is -0.560. The Hall–Kier alpha value is -0.490. The highest BCUT2D eigenvalue weighted by molar-refractivity contribution is 5.50. The number of carbonyl (C=O) groups is 1. The van der Waals surface area contributed by atoms with Gasteiger partial charge in [-0.1, -0.05) is 0 Å². The Labute approximate surface area is 101 Å². The van der Waals surface area contributed by atoms with Crippen LogP contribution in [0.4, 0.5) is 0 Å². The Morgan fingerprint density at radius 2 is 2.24 bits per heavy atom. The van der Waals surface area contributed by atoms with Crippen molar-refractivity contribution in [3.8, 4) is 0 Å². The van der Waals surface area contributed by atoms with E-state index in [1.165, 1.54) is 0 Å². The first-order valence-corrected chi connectivity index (χ1v) is 5.99. The summed E-state index contributed by atoms with van der Waals surface area (Å²) in [7, 11) is 1.66. The lowest BCUT2D eigenvalue weighted by molar-refractivity contribution is -0.162. The fraction of sp³-hybridized carbons (Fsp3) is 0.917. The van der Waals surface area contributed by atoms with Crippen LogP contribution in [0, 0.1) is 0 Å². The first-order chi connectivity index (χ1) is 8.05. The fourth-order valence-electron chi connectivity index (χ4n) is 2.45. The van der Waals surface area contributed by atoms with Gasteiger partial charge in [0, 0.05) is 20.0 Å². The van der Waals surface area contributed by atoms with Gasteiger partial charge in [0.2, 0.25) is 0 Å². The summed E-state index contributed by atoms with van der Waals surface area (Å²) in [6.45, 7) is 4.27. The molecule has 2 aliphatic rings. The molecule has 5 heteroatoms. The van der Waals surface area contributed by atoms with Crippen LogP contribution in [0.25, 0.3) is 0 Å². The van der Waals surface area contributed by atoms with E-state index in [0.717, 1.165) is 12.7 Å². The molecule has 0 aliphatic carbocycles. The fourth-order valence-corrected chi connectivity index (χ4v) is 2.45. The Balaban J connectivity index is 1.97. The van der Waals surface area contributed by atoms with Crippen LogP contribution >= 0.6 is 0 Å². The van der Waals surface area contributed by atoms with Gasteiger partial charge in [0.05, 0.1) is 18.8 Å². The Morgan fingerprint density at radius 1 is 1.47 bits per heavy atom. The van der Waals surface area contributed by atoms with Gasteiger partial charge in [0.15, 0.2) is 5.79 Å². The number of ether oxygens (including phenoxy) is 4. The Bertz CT molecular complexity index is 278. The van der Waals surface area contributed by atoms with Crippen LogP contribution in [-0.4, -0.2) is 50.2 Å². The topological polar surface area (TPSA) is 54.0 Å². The standard InChI is InChI=1S/C12H20O5/c1-12(2)15-7-10(17-12)11-9(14-3)6-8(16-11)4-5-13/h5,8-11H,4,6-7H2,1-3H3. The molecule has 0 aromatic rings. The number of hydrogen-bond acceptors (Lipinski definition) is 5. The quantitative estimate of drug-likeness (QED) is 0.688. The minimum atomic E-state index is -0.560. The lowest BCUT2D eigenvalue weighted by Gasteiger charge is -2.24. The molecule has 0 amide bonds. The van der Waals surface area contributed by atoms with Gasteiger partial charge in [0.25, 0.3) is 0 Å². The molecular formula is C12H20O5. The van der Waals surface area contributed by atoms with E-state index in [-0.39, 0.29) is 24.4 Å². The molecule has 4 atom stereocenters. The van der Waals surface area contributed by atoms with Gasteiger partial charge in [-0.05, 0) is 13.8 Å². The zero-order chi connectivity index (χ0) is 12.5. The van der Waals surface area contributed by atoms with Gasteiger partial charge in [-0.15, -0.1) is 0 Å². The molecule has 2 fully saturated rings. The van der Waals surface area contributed by atoms with Crippen molar-refractivity contribution in [2.45, 2.75) is 56.9 Å². The summed E-state index contributed by atoms with van der Waals surface area (Å²) in [6.07, 6.45) is 1.68. The molecule has 17 heavy (non-hydrogen) atoms. The van der Waals surface area contributed by atoms with Crippen molar-refractivity contribution in [3.05, 3.63) is 0 Å². The SMILES string of the molecule is COC1CC(CC=O)OC1C1COC(C)(C)O1. The Kier molecular flexibility index (Phi) is 3.82. The molecule has 2 rings (SSSR count). The van der Waals surface area contributed by atoms with E-state index in [1.54, 1.807) is 7.11 Å². The maximum atomic E-state index is 10.5. The molecule has 4 unspecified atom stereocenters. The van der Waals surface area contributed by atoms with Crippen LogP contribution in [0.3, 0.4) is 0 Å². The number of aldehydes is 1. The van der Waals surface area contributed by atoms with Crippen molar-refractivity contribution in [2.24, 2.45) is 0 Å². The number of rotatable bonds is 4.